The number of hydrogen-bond acceptors (Lipinski definition) is 3. The molecule has 6 heteroatoms. The molecule has 0 fully saturated rings. The van der Waals surface area contributed by atoms with Gasteiger partial charge in [-0.05, 0) is 43.3 Å². The zero-order valence-electron chi connectivity index (χ0n) is 11.3. The Morgan fingerprint density at radius 3 is 2.86 bits per heavy atom. The number of amides is 1. The molecule has 3 aromatic rings. The molecule has 0 spiro atoms. The van der Waals surface area contributed by atoms with Crippen LogP contribution in [0.3, 0.4) is 0 Å². The molecule has 0 aliphatic rings. The number of hydrogen-bond donors (Lipinski definition) is 3. The minimum Gasteiger partial charge on any atom is -0.398 e. The average molecular weight is 284 g/mol. The quantitative estimate of drug-likeness (QED) is 0.633. The van der Waals surface area contributed by atoms with E-state index in [9.17, 15) is 9.18 Å². The minimum absolute atomic E-state index is 0.103. The van der Waals surface area contributed by atoms with Crippen LogP contribution in [0.5, 0.6) is 0 Å². The number of benzene rings is 2. The summed E-state index contributed by atoms with van der Waals surface area (Å²) in [6.07, 6.45) is 0. The number of rotatable bonds is 2. The van der Waals surface area contributed by atoms with Crippen molar-refractivity contribution in [1.82, 2.24) is 9.97 Å². The van der Waals surface area contributed by atoms with Crippen LogP contribution in [0.4, 0.5) is 15.8 Å². The summed E-state index contributed by atoms with van der Waals surface area (Å²) in [5.41, 5.74) is 8.26. The third-order valence-electron chi connectivity index (χ3n) is 3.12. The third kappa shape index (κ3) is 2.55. The van der Waals surface area contributed by atoms with Gasteiger partial charge in [0.15, 0.2) is 0 Å². The molecule has 0 unspecified atom stereocenters. The van der Waals surface area contributed by atoms with Crippen LogP contribution in [0.1, 0.15) is 16.2 Å². The van der Waals surface area contributed by atoms with Crippen molar-refractivity contribution >= 4 is 28.3 Å². The molecule has 0 bridgehead atoms. The van der Waals surface area contributed by atoms with Gasteiger partial charge in [-0.1, -0.05) is 0 Å². The number of H-pyrrole nitrogens is 1. The van der Waals surface area contributed by atoms with Crippen LogP contribution in [-0.2, 0) is 0 Å². The first-order chi connectivity index (χ1) is 10.0. The van der Waals surface area contributed by atoms with Crippen LogP contribution in [0, 0.1) is 12.7 Å². The molecule has 1 heterocycles. The summed E-state index contributed by atoms with van der Waals surface area (Å²) >= 11 is 0. The molecule has 1 aromatic heterocycles. The number of carbonyl (C=O) groups excluding carboxylic acids is 1. The van der Waals surface area contributed by atoms with Gasteiger partial charge in [0.25, 0.3) is 5.91 Å². The predicted octanol–water partition coefficient (Wildman–Crippen LogP) is 2.84. The first-order valence-electron chi connectivity index (χ1n) is 6.36. The molecular weight excluding hydrogens is 271 g/mol. The van der Waals surface area contributed by atoms with Crippen molar-refractivity contribution in [1.29, 1.82) is 0 Å². The van der Waals surface area contributed by atoms with Gasteiger partial charge in [-0.15, -0.1) is 0 Å². The van der Waals surface area contributed by atoms with E-state index in [0.29, 0.717) is 5.69 Å². The van der Waals surface area contributed by atoms with E-state index in [4.69, 9.17) is 5.73 Å². The normalized spacial score (nSPS) is 10.8. The van der Waals surface area contributed by atoms with Crippen LogP contribution in [0.15, 0.2) is 36.4 Å². The predicted molar refractivity (Wildman–Crippen MR) is 79.6 cm³/mol. The fourth-order valence-electron chi connectivity index (χ4n) is 2.15. The lowest BCUT2D eigenvalue weighted by Gasteiger charge is -2.07. The first kappa shape index (κ1) is 13.1. The van der Waals surface area contributed by atoms with Crippen molar-refractivity contribution < 1.29 is 9.18 Å². The molecule has 3 rings (SSSR count). The van der Waals surface area contributed by atoms with Gasteiger partial charge in [-0.2, -0.15) is 0 Å². The molecule has 0 aliphatic heterocycles. The summed E-state index contributed by atoms with van der Waals surface area (Å²) in [7, 11) is 0. The summed E-state index contributed by atoms with van der Waals surface area (Å²) < 4.78 is 13.0. The Hall–Kier alpha value is -2.89. The van der Waals surface area contributed by atoms with Crippen LogP contribution in [-0.4, -0.2) is 15.9 Å². The highest BCUT2D eigenvalue weighted by molar-refractivity contribution is 6.08. The maximum atomic E-state index is 13.0. The highest BCUT2D eigenvalue weighted by Crippen LogP contribution is 2.19. The Labute approximate surface area is 120 Å². The van der Waals surface area contributed by atoms with Crippen molar-refractivity contribution in [3.05, 3.63) is 53.6 Å². The van der Waals surface area contributed by atoms with Gasteiger partial charge < -0.3 is 16.0 Å². The molecule has 0 radical (unpaired) electrons. The highest BCUT2D eigenvalue weighted by Gasteiger charge is 2.11. The number of fused-ring (bicyclic) bond motifs is 1. The van der Waals surface area contributed by atoms with E-state index in [1.54, 1.807) is 12.1 Å². The Balaban J connectivity index is 1.88. The average Bonchev–Trinajstić information content (AvgIpc) is 2.77. The number of imidazole rings is 1. The van der Waals surface area contributed by atoms with Gasteiger partial charge >= 0.3 is 0 Å². The molecule has 0 saturated heterocycles. The van der Waals surface area contributed by atoms with Gasteiger partial charge in [0, 0.05) is 11.4 Å². The lowest BCUT2D eigenvalue weighted by molar-refractivity contribution is 0.102. The highest BCUT2D eigenvalue weighted by atomic mass is 19.1. The van der Waals surface area contributed by atoms with E-state index in [0.717, 1.165) is 22.9 Å². The molecule has 0 atom stereocenters. The second-order valence-corrected chi connectivity index (χ2v) is 4.74. The maximum Gasteiger partial charge on any atom is 0.257 e. The summed E-state index contributed by atoms with van der Waals surface area (Å²) in [6.45, 7) is 1.86. The number of nitrogens with two attached hydrogens (primary N) is 1. The van der Waals surface area contributed by atoms with Crippen LogP contribution >= 0.6 is 0 Å². The van der Waals surface area contributed by atoms with Gasteiger partial charge in [-0.3, -0.25) is 4.79 Å². The number of aryl methyl sites for hydroxylation is 1. The van der Waals surface area contributed by atoms with E-state index in [1.165, 1.54) is 12.1 Å². The van der Waals surface area contributed by atoms with Gasteiger partial charge in [-0.25, -0.2) is 9.37 Å². The Morgan fingerprint density at radius 1 is 1.29 bits per heavy atom. The topological polar surface area (TPSA) is 83.8 Å². The number of anilines is 2. The number of nitrogens with one attached hydrogen (secondary N) is 2. The van der Waals surface area contributed by atoms with E-state index in [2.05, 4.69) is 15.3 Å². The number of aromatic amines is 1. The van der Waals surface area contributed by atoms with E-state index >= 15 is 0 Å². The summed E-state index contributed by atoms with van der Waals surface area (Å²) in [5.74, 6) is -0.0576. The summed E-state index contributed by atoms with van der Waals surface area (Å²) in [4.78, 5) is 19.5. The van der Waals surface area contributed by atoms with Crippen molar-refractivity contribution in [2.45, 2.75) is 6.92 Å². The third-order valence-corrected chi connectivity index (χ3v) is 3.12. The van der Waals surface area contributed by atoms with E-state index in [1.807, 2.05) is 13.0 Å². The SMILES string of the molecule is Cc1nc2ccc(NC(=O)c3ccc(F)cc3N)cc2[nH]1. The summed E-state index contributed by atoms with van der Waals surface area (Å²) in [5, 5.41) is 2.73. The molecule has 4 N–H and O–H groups in total. The lowest BCUT2D eigenvalue weighted by atomic mass is 10.1. The monoisotopic (exact) mass is 284 g/mol. The van der Waals surface area contributed by atoms with Gasteiger partial charge in [0.1, 0.15) is 11.6 Å². The molecule has 5 nitrogen and oxygen atoms in total. The number of nitrogens with zero attached hydrogens (tertiary/aromatic N) is 1. The Morgan fingerprint density at radius 2 is 2.10 bits per heavy atom. The zero-order chi connectivity index (χ0) is 15.0. The standard InChI is InChI=1S/C15H13FN4O/c1-8-18-13-5-3-10(7-14(13)19-8)20-15(21)11-4-2-9(16)6-12(11)17/h2-7H,17H2,1H3,(H,18,19)(H,20,21). The Kier molecular flexibility index (Phi) is 3.06. The van der Waals surface area contributed by atoms with Gasteiger partial charge in [0.2, 0.25) is 0 Å². The zero-order valence-corrected chi connectivity index (χ0v) is 11.3. The van der Waals surface area contributed by atoms with Crippen molar-refractivity contribution in [2.75, 3.05) is 11.1 Å². The van der Waals surface area contributed by atoms with Crippen molar-refractivity contribution in [3.63, 3.8) is 0 Å². The maximum absolute atomic E-state index is 13.0. The smallest absolute Gasteiger partial charge is 0.257 e. The van der Waals surface area contributed by atoms with E-state index < -0.39 is 5.82 Å². The molecule has 1 amide bonds. The molecule has 106 valence electrons. The number of carbonyl (C=O) groups is 1. The largest absolute Gasteiger partial charge is 0.398 e. The number of nitrogen functional groups attached to an aromatic ring is 1. The van der Waals surface area contributed by atoms with Crippen molar-refractivity contribution in [3.8, 4) is 0 Å². The molecule has 0 aliphatic carbocycles. The first-order valence-corrected chi connectivity index (χ1v) is 6.36. The molecule has 0 saturated carbocycles. The Bertz CT molecular complexity index is 841. The number of halogens is 1. The second kappa shape index (κ2) is 4.90. The van der Waals surface area contributed by atoms with E-state index in [-0.39, 0.29) is 17.2 Å². The minimum atomic E-state index is -0.474. The number of aromatic nitrogens is 2. The second-order valence-electron chi connectivity index (χ2n) is 4.74. The molecule has 2 aromatic carbocycles. The van der Waals surface area contributed by atoms with Crippen LogP contribution in [0.25, 0.3) is 11.0 Å². The van der Waals surface area contributed by atoms with Crippen LogP contribution < -0.4 is 11.1 Å². The molecule has 21 heavy (non-hydrogen) atoms. The van der Waals surface area contributed by atoms with Gasteiger partial charge in [0.05, 0.1) is 16.6 Å². The molecular formula is C15H13FN4O. The van der Waals surface area contributed by atoms with Crippen molar-refractivity contribution in [2.24, 2.45) is 0 Å². The summed E-state index contributed by atoms with van der Waals surface area (Å²) in [6, 6.07) is 9.03. The van der Waals surface area contributed by atoms with Crippen LogP contribution in [0.2, 0.25) is 0 Å². The fraction of sp³-hybridized carbons (Fsp3) is 0.0667. The lowest BCUT2D eigenvalue weighted by Crippen LogP contribution is -2.14. The fourth-order valence-corrected chi connectivity index (χ4v) is 2.15.